The molecule has 0 aliphatic carbocycles. The van der Waals surface area contributed by atoms with Gasteiger partial charge in [-0.25, -0.2) is 13.2 Å². The van der Waals surface area contributed by atoms with Gasteiger partial charge in [0.25, 0.3) is 10.0 Å². The van der Waals surface area contributed by atoms with Crippen LogP contribution in [0.5, 0.6) is 5.75 Å². The van der Waals surface area contributed by atoms with E-state index in [2.05, 4.69) is 4.72 Å². The van der Waals surface area contributed by atoms with Gasteiger partial charge in [0.2, 0.25) is 0 Å². The molecule has 0 radical (unpaired) electrons. The molecule has 1 N–H and O–H groups in total. The number of esters is 1. The molecule has 7 heteroatoms. The topological polar surface area (TPSA) is 81.7 Å². The number of sulfonamides is 1. The predicted molar refractivity (Wildman–Crippen MR) is 95.7 cm³/mol. The fourth-order valence-electron chi connectivity index (χ4n) is 2.34. The summed E-state index contributed by atoms with van der Waals surface area (Å²) < 4.78 is 37.8. The van der Waals surface area contributed by atoms with E-state index < -0.39 is 16.0 Å². The Bertz CT molecular complexity index is 890. The lowest BCUT2D eigenvalue weighted by Crippen LogP contribution is -2.14. The van der Waals surface area contributed by atoms with E-state index in [1.807, 2.05) is 0 Å². The van der Waals surface area contributed by atoms with Gasteiger partial charge < -0.3 is 9.47 Å². The Kier molecular flexibility index (Phi) is 5.69. The van der Waals surface area contributed by atoms with Crippen molar-refractivity contribution in [2.24, 2.45) is 0 Å². The highest BCUT2D eigenvalue weighted by molar-refractivity contribution is 7.92. The van der Waals surface area contributed by atoms with Crippen molar-refractivity contribution in [3.8, 4) is 5.75 Å². The Labute approximate surface area is 147 Å². The number of ether oxygens (including phenoxy) is 2. The summed E-state index contributed by atoms with van der Waals surface area (Å²) in [5, 5.41) is 0. The lowest BCUT2D eigenvalue weighted by atomic mass is 10.1. The molecule has 25 heavy (non-hydrogen) atoms. The maximum absolute atomic E-state index is 12.6. The molecule has 0 saturated carbocycles. The summed E-state index contributed by atoms with van der Waals surface area (Å²) in [6, 6.07) is 9.31. The number of rotatable bonds is 6. The Morgan fingerprint density at radius 3 is 2.36 bits per heavy atom. The van der Waals surface area contributed by atoms with E-state index in [1.54, 1.807) is 45.0 Å². The van der Waals surface area contributed by atoms with Gasteiger partial charge in [-0.3, -0.25) is 4.72 Å². The quantitative estimate of drug-likeness (QED) is 0.797. The first-order valence-electron chi connectivity index (χ1n) is 7.73. The minimum atomic E-state index is -3.75. The summed E-state index contributed by atoms with van der Waals surface area (Å²) in [6.45, 7) is 5.50. The minimum absolute atomic E-state index is 0.139. The molecule has 134 valence electrons. The zero-order chi connectivity index (χ0) is 18.6. The third-order valence-corrected chi connectivity index (χ3v) is 5.02. The van der Waals surface area contributed by atoms with Crippen molar-refractivity contribution in [2.75, 3.05) is 18.4 Å². The van der Waals surface area contributed by atoms with Crippen molar-refractivity contribution in [3.63, 3.8) is 0 Å². The lowest BCUT2D eigenvalue weighted by molar-refractivity contribution is 0.0526. The van der Waals surface area contributed by atoms with Gasteiger partial charge in [0.1, 0.15) is 5.75 Å². The van der Waals surface area contributed by atoms with Crippen LogP contribution < -0.4 is 9.46 Å². The van der Waals surface area contributed by atoms with Crippen LogP contribution >= 0.6 is 0 Å². The van der Waals surface area contributed by atoms with Gasteiger partial charge in [0.15, 0.2) is 0 Å². The van der Waals surface area contributed by atoms with Crippen molar-refractivity contribution in [1.82, 2.24) is 0 Å². The molecule has 0 spiro atoms. The summed E-state index contributed by atoms with van der Waals surface area (Å²) >= 11 is 0. The molecule has 0 saturated heterocycles. The summed E-state index contributed by atoms with van der Waals surface area (Å²) in [7, 11) is -2.22. The average molecular weight is 363 g/mol. The second kappa shape index (κ2) is 7.57. The van der Waals surface area contributed by atoms with Crippen LogP contribution in [0.4, 0.5) is 5.69 Å². The van der Waals surface area contributed by atoms with Crippen LogP contribution in [0, 0.1) is 13.8 Å². The van der Waals surface area contributed by atoms with Crippen LogP contribution in [0.2, 0.25) is 0 Å². The fourth-order valence-corrected chi connectivity index (χ4v) is 3.56. The molecule has 2 aromatic carbocycles. The van der Waals surface area contributed by atoms with E-state index in [9.17, 15) is 13.2 Å². The normalized spacial score (nSPS) is 11.0. The Morgan fingerprint density at radius 2 is 1.80 bits per heavy atom. The van der Waals surface area contributed by atoms with Crippen LogP contribution in [0.15, 0.2) is 41.3 Å². The first-order chi connectivity index (χ1) is 11.8. The van der Waals surface area contributed by atoms with Crippen LogP contribution in [-0.4, -0.2) is 28.1 Å². The number of aryl methyl sites for hydroxylation is 2. The molecular weight excluding hydrogens is 342 g/mol. The smallest absolute Gasteiger partial charge is 0.338 e. The SMILES string of the molecule is CCOC(=O)c1ccc(NS(=O)(=O)c2ccc(OC)c(C)c2)c(C)c1. The number of carbonyl (C=O) groups is 1. The van der Waals surface area contributed by atoms with E-state index >= 15 is 0 Å². The molecule has 6 nitrogen and oxygen atoms in total. The number of nitrogens with one attached hydrogen (secondary N) is 1. The maximum Gasteiger partial charge on any atom is 0.338 e. The summed E-state index contributed by atoms with van der Waals surface area (Å²) in [5.74, 6) is 0.180. The van der Waals surface area contributed by atoms with E-state index in [0.29, 0.717) is 22.6 Å². The van der Waals surface area contributed by atoms with Crippen LogP contribution in [0.25, 0.3) is 0 Å². The van der Waals surface area contributed by atoms with Gasteiger partial charge in [0, 0.05) is 0 Å². The van der Waals surface area contributed by atoms with Crippen LogP contribution in [0.1, 0.15) is 28.4 Å². The van der Waals surface area contributed by atoms with Crippen molar-refractivity contribution < 1.29 is 22.7 Å². The molecule has 0 fully saturated rings. The van der Waals surface area contributed by atoms with Crippen LogP contribution in [-0.2, 0) is 14.8 Å². The van der Waals surface area contributed by atoms with Crippen LogP contribution in [0.3, 0.4) is 0 Å². The second-order valence-electron chi connectivity index (χ2n) is 5.49. The highest BCUT2D eigenvalue weighted by atomic mass is 32.2. The van der Waals surface area contributed by atoms with Gasteiger partial charge in [-0.15, -0.1) is 0 Å². The van der Waals surface area contributed by atoms with Crippen molar-refractivity contribution in [2.45, 2.75) is 25.7 Å². The van der Waals surface area contributed by atoms with Gasteiger partial charge in [-0.2, -0.15) is 0 Å². The lowest BCUT2D eigenvalue weighted by Gasteiger charge is -2.13. The van der Waals surface area contributed by atoms with Gasteiger partial charge in [-0.05, 0) is 68.3 Å². The molecule has 0 unspecified atom stereocenters. The molecular formula is C18H21NO5S. The Morgan fingerprint density at radius 1 is 1.08 bits per heavy atom. The van der Waals surface area contributed by atoms with Crippen molar-refractivity contribution in [1.29, 1.82) is 0 Å². The second-order valence-corrected chi connectivity index (χ2v) is 7.17. The molecule has 0 aromatic heterocycles. The van der Waals surface area contributed by atoms with Gasteiger partial charge >= 0.3 is 5.97 Å². The largest absolute Gasteiger partial charge is 0.496 e. The molecule has 2 rings (SSSR count). The van der Waals surface area contributed by atoms with E-state index in [4.69, 9.17) is 9.47 Å². The first kappa shape index (κ1) is 18.8. The predicted octanol–water partition coefficient (Wildman–Crippen LogP) is 3.29. The van der Waals surface area contributed by atoms with E-state index in [0.717, 1.165) is 5.56 Å². The summed E-state index contributed by atoms with van der Waals surface area (Å²) in [5.41, 5.74) is 2.13. The van der Waals surface area contributed by atoms with Gasteiger partial charge in [0.05, 0.1) is 29.9 Å². The molecule has 0 heterocycles. The fraction of sp³-hybridized carbons (Fsp3) is 0.278. The standard InChI is InChI=1S/C18H21NO5S/c1-5-24-18(20)14-6-8-16(12(2)10-14)19-25(21,22)15-7-9-17(23-4)13(3)11-15/h6-11,19H,5H2,1-4H3. The van der Waals surface area contributed by atoms with E-state index in [-0.39, 0.29) is 11.5 Å². The minimum Gasteiger partial charge on any atom is -0.496 e. The highest BCUT2D eigenvalue weighted by Gasteiger charge is 2.17. The number of anilines is 1. The third-order valence-electron chi connectivity index (χ3n) is 3.66. The van der Waals surface area contributed by atoms with Gasteiger partial charge in [-0.1, -0.05) is 0 Å². The number of hydrogen-bond donors (Lipinski definition) is 1. The molecule has 0 atom stereocenters. The number of carbonyl (C=O) groups excluding carboxylic acids is 1. The average Bonchev–Trinajstić information content (AvgIpc) is 2.56. The van der Waals surface area contributed by atoms with Crippen molar-refractivity contribution in [3.05, 3.63) is 53.1 Å². The number of methoxy groups -OCH3 is 1. The first-order valence-corrected chi connectivity index (χ1v) is 9.22. The number of hydrogen-bond acceptors (Lipinski definition) is 5. The summed E-state index contributed by atoms with van der Waals surface area (Å²) in [4.78, 5) is 11.9. The molecule has 0 aliphatic heterocycles. The highest BCUT2D eigenvalue weighted by Crippen LogP contribution is 2.25. The monoisotopic (exact) mass is 363 g/mol. The maximum atomic E-state index is 12.6. The zero-order valence-corrected chi connectivity index (χ0v) is 15.4. The molecule has 0 amide bonds. The Hall–Kier alpha value is -2.54. The molecule has 2 aromatic rings. The van der Waals surface area contributed by atoms with E-state index in [1.165, 1.54) is 19.2 Å². The third kappa shape index (κ3) is 4.30. The zero-order valence-electron chi connectivity index (χ0n) is 14.6. The molecule has 0 bridgehead atoms. The number of benzene rings is 2. The van der Waals surface area contributed by atoms with Crippen molar-refractivity contribution >= 4 is 21.7 Å². The molecule has 0 aliphatic rings. The summed E-state index contributed by atoms with van der Waals surface area (Å²) in [6.07, 6.45) is 0. The Balaban J connectivity index is 2.29.